The summed E-state index contributed by atoms with van der Waals surface area (Å²) in [4.78, 5) is 36.8. The Morgan fingerprint density at radius 2 is 1.53 bits per heavy atom. The Morgan fingerprint density at radius 1 is 0.875 bits per heavy atom. The molecule has 0 heterocycles. The zero-order chi connectivity index (χ0) is 23.5. The molecule has 1 amide bonds. The van der Waals surface area contributed by atoms with Crippen LogP contribution >= 0.6 is 0 Å². The molecule has 2 aromatic carbocycles. The number of amides is 1. The lowest BCUT2D eigenvalue weighted by Crippen LogP contribution is -2.15. The van der Waals surface area contributed by atoms with E-state index in [1.165, 1.54) is 32.4 Å². The standard InChI is InChI=1S/C24H29NO7/c1-5-7-10-31-15-19-11-16(8-9-21(19)32-6-2)22(26)25-20-13-17(23(27)29-3)12-18(14-20)24(28)30-4/h8-9,11-14H,5-7,10,15H2,1-4H3,(H,25,26). The third-order valence-corrected chi connectivity index (χ3v) is 4.56. The second kappa shape index (κ2) is 12.5. The van der Waals surface area contributed by atoms with Gasteiger partial charge in [0.15, 0.2) is 0 Å². The highest BCUT2D eigenvalue weighted by Gasteiger charge is 2.16. The molecule has 0 aliphatic heterocycles. The van der Waals surface area contributed by atoms with E-state index >= 15 is 0 Å². The molecule has 0 spiro atoms. The second-order valence-electron chi connectivity index (χ2n) is 6.90. The molecule has 0 aliphatic rings. The molecule has 2 aromatic rings. The third-order valence-electron chi connectivity index (χ3n) is 4.56. The van der Waals surface area contributed by atoms with Crippen molar-refractivity contribution in [2.45, 2.75) is 33.3 Å². The van der Waals surface area contributed by atoms with Crippen molar-refractivity contribution in [2.24, 2.45) is 0 Å². The summed E-state index contributed by atoms with van der Waals surface area (Å²) < 4.78 is 20.8. The number of rotatable bonds is 11. The van der Waals surface area contributed by atoms with Gasteiger partial charge in [0.2, 0.25) is 0 Å². The van der Waals surface area contributed by atoms with Crippen molar-refractivity contribution in [2.75, 3.05) is 32.8 Å². The second-order valence-corrected chi connectivity index (χ2v) is 6.90. The summed E-state index contributed by atoms with van der Waals surface area (Å²) in [5, 5.41) is 2.72. The highest BCUT2D eigenvalue weighted by molar-refractivity contribution is 6.06. The van der Waals surface area contributed by atoms with Crippen LogP contribution in [0.2, 0.25) is 0 Å². The van der Waals surface area contributed by atoms with Gasteiger partial charge in [0.05, 0.1) is 38.6 Å². The van der Waals surface area contributed by atoms with E-state index in [9.17, 15) is 14.4 Å². The average molecular weight is 443 g/mol. The predicted octanol–water partition coefficient (Wildman–Crippen LogP) is 4.23. The van der Waals surface area contributed by atoms with Crippen LogP contribution in [-0.4, -0.2) is 45.3 Å². The number of hydrogen-bond acceptors (Lipinski definition) is 7. The summed E-state index contributed by atoms with van der Waals surface area (Å²) in [6.07, 6.45) is 1.97. The Labute approximate surface area is 187 Å². The van der Waals surface area contributed by atoms with Gasteiger partial charge in [-0.1, -0.05) is 13.3 Å². The molecule has 8 heteroatoms. The molecule has 0 saturated carbocycles. The molecule has 0 saturated heterocycles. The molecule has 0 fully saturated rings. The van der Waals surface area contributed by atoms with Gasteiger partial charge in [-0.3, -0.25) is 4.79 Å². The molecule has 0 aliphatic carbocycles. The van der Waals surface area contributed by atoms with Crippen LogP contribution in [-0.2, 0) is 20.8 Å². The zero-order valence-electron chi connectivity index (χ0n) is 18.9. The number of unbranched alkanes of at least 4 members (excludes halogenated alkanes) is 1. The minimum atomic E-state index is -0.640. The molecule has 0 radical (unpaired) electrons. The van der Waals surface area contributed by atoms with Crippen LogP contribution in [0, 0.1) is 0 Å². The lowest BCUT2D eigenvalue weighted by atomic mass is 10.1. The first-order chi connectivity index (χ1) is 15.4. The molecule has 32 heavy (non-hydrogen) atoms. The van der Waals surface area contributed by atoms with Gasteiger partial charge in [-0.2, -0.15) is 0 Å². The summed E-state index contributed by atoms with van der Waals surface area (Å²) in [7, 11) is 2.46. The van der Waals surface area contributed by atoms with Crippen LogP contribution in [0.15, 0.2) is 36.4 Å². The summed E-state index contributed by atoms with van der Waals surface area (Å²) in [5.41, 5.74) is 1.62. The number of benzene rings is 2. The van der Waals surface area contributed by atoms with E-state index in [-0.39, 0.29) is 16.8 Å². The molecular formula is C24H29NO7. The maximum Gasteiger partial charge on any atom is 0.337 e. The SMILES string of the molecule is CCCCOCc1cc(C(=O)Nc2cc(C(=O)OC)cc(C(=O)OC)c2)ccc1OCC. The van der Waals surface area contributed by atoms with Gasteiger partial charge < -0.3 is 24.3 Å². The minimum absolute atomic E-state index is 0.113. The Balaban J connectivity index is 2.29. The normalized spacial score (nSPS) is 10.4. The molecule has 8 nitrogen and oxygen atoms in total. The highest BCUT2D eigenvalue weighted by Crippen LogP contribution is 2.23. The maximum atomic E-state index is 12.9. The van der Waals surface area contributed by atoms with Crippen molar-refractivity contribution < 1.29 is 33.3 Å². The monoisotopic (exact) mass is 443 g/mol. The van der Waals surface area contributed by atoms with Gasteiger partial charge in [-0.05, 0) is 49.7 Å². The largest absolute Gasteiger partial charge is 0.494 e. The van der Waals surface area contributed by atoms with E-state index in [0.717, 1.165) is 18.4 Å². The van der Waals surface area contributed by atoms with Crippen molar-refractivity contribution in [1.29, 1.82) is 0 Å². The van der Waals surface area contributed by atoms with Crippen LogP contribution < -0.4 is 10.1 Å². The van der Waals surface area contributed by atoms with Gasteiger partial charge >= 0.3 is 11.9 Å². The van der Waals surface area contributed by atoms with Crippen molar-refractivity contribution in [3.8, 4) is 5.75 Å². The van der Waals surface area contributed by atoms with Crippen LogP contribution in [0.1, 0.15) is 63.3 Å². The number of nitrogens with one attached hydrogen (secondary N) is 1. The first kappa shape index (κ1) is 24.9. The van der Waals surface area contributed by atoms with E-state index in [4.69, 9.17) is 18.9 Å². The lowest BCUT2D eigenvalue weighted by Gasteiger charge is -2.13. The summed E-state index contributed by atoms with van der Waals surface area (Å²) in [5.74, 6) is -1.04. The molecule has 0 atom stereocenters. The van der Waals surface area contributed by atoms with Crippen LogP contribution in [0.5, 0.6) is 5.75 Å². The predicted molar refractivity (Wildman–Crippen MR) is 119 cm³/mol. The van der Waals surface area contributed by atoms with Crippen LogP contribution in [0.3, 0.4) is 0 Å². The van der Waals surface area contributed by atoms with Crippen molar-refractivity contribution in [3.63, 3.8) is 0 Å². The van der Waals surface area contributed by atoms with Crippen molar-refractivity contribution in [1.82, 2.24) is 0 Å². The molecule has 0 aromatic heterocycles. The Hall–Kier alpha value is -3.39. The molecular weight excluding hydrogens is 414 g/mol. The summed E-state index contributed by atoms with van der Waals surface area (Å²) in [6.45, 7) is 5.40. The summed E-state index contributed by atoms with van der Waals surface area (Å²) in [6, 6.07) is 9.27. The Morgan fingerprint density at radius 3 is 2.09 bits per heavy atom. The van der Waals surface area contributed by atoms with Gasteiger partial charge in [-0.25, -0.2) is 9.59 Å². The van der Waals surface area contributed by atoms with E-state index in [0.29, 0.717) is 31.1 Å². The first-order valence-electron chi connectivity index (χ1n) is 10.4. The summed E-state index contributed by atoms with van der Waals surface area (Å²) >= 11 is 0. The molecule has 1 N–H and O–H groups in total. The average Bonchev–Trinajstić information content (AvgIpc) is 2.81. The van der Waals surface area contributed by atoms with Gasteiger partial charge in [0.25, 0.3) is 5.91 Å². The van der Waals surface area contributed by atoms with Crippen molar-refractivity contribution >= 4 is 23.5 Å². The number of methoxy groups -OCH3 is 2. The topological polar surface area (TPSA) is 100 Å². The van der Waals surface area contributed by atoms with Gasteiger partial charge in [-0.15, -0.1) is 0 Å². The molecule has 172 valence electrons. The number of ether oxygens (including phenoxy) is 4. The third kappa shape index (κ3) is 6.81. The fourth-order valence-electron chi connectivity index (χ4n) is 2.93. The molecule has 2 rings (SSSR count). The van der Waals surface area contributed by atoms with Crippen LogP contribution in [0.4, 0.5) is 5.69 Å². The minimum Gasteiger partial charge on any atom is -0.494 e. The van der Waals surface area contributed by atoms with Crippen molar-refractivity contribution in [3.05, 3.63) is 58.7 Å². The number of carbonyl (C=O) groups excluding carboxylic acids is 3. The number of anilines is 1. The van der Waals surface area contributed by atoms with Gasteiger partial charge in [0, 0.05) is 23.4 Å². The smallest absolute Gasteiger partial charge is 0.337 e. The fourth-order valence-corrected chi connectivity index (χ4v) is 2.93. The fraction of sp³-hybridized carbons (Fsp3) is 0.375. The number of carbonyl (C=O) groups is 3. The Kier molecular flexibility index (Phi) is 9.69. The van der Waals surface area contributed by atoms with Crippen LogP contribution in [0.25, 0.3) is 0 Å². The van der Waals surface area contributed by atoms with E-state index in [1.807, 2.05) is 6.92 Å². The first-order valence-corrected chi connectivity index (χ1v) is 10.4. The van der Waals surface area contributed by atoms with E-state index in [2.05, 4.69) is 12.2 Å². The Bertz CT molecular complexity index is 921. The quantitative estimate of drug-likeness (QED) is 0.410. The highest BCUT2D eigenvalue weighted by atomic mass is 16.5. The molecule has 0 bridgehead atoms. The number of hydrogen-bond donors (Lipinski definition) is 1. The van der Waals surface area contributed by atoms with E-state index in [1.54, 1.807) is 18.2 Å². The zero-order valence-corrected chi connectivity index (χ0v) is 18.9. The maximum absolute atomic E-state index is 12.9. The van der Waals surface area contributed by atoms with Gasteiger partial charge in [0.1, 0.15) is 5.75 Å². The number of esters is 2. The molecule has 0 unspecified atom stereocenters. The lowest BCUT2D eigenvalue weighted by molar-refractivity contribution is 0.0598. The van der Waals surface area contributed by atoms with E-state index < -0.39 is 17.8 Å².